The summed E-state index contributed by atoms with van der Waals surface area (Å²) in [7, 11) is 0. The number of hydrogen-bond donors (Lipinski definition) is 1. The second kappa shape index (κ2) is 5.33. The van der Waals surface area contributed by atoms with Gasteiger partial charge in [-0.2, -0.15) is 0 Å². The summed E-state index contributed by atoms with van der Waals surface area (Å²) in [5.41, 5.74) is 0. The van der Waals surface area contributed by atoms with E-state index < -0.39 is 17.9 Å². The lowest BCUT2D eigenvalue weighted by molar-refractivity contribution is -0.140. The third-order valence-electron chi connectivity index (χ3n) is 2.32. The van der Waals surface area contributed by atoms with Crippen LogP contribution in [0.5, 0.6) is 0 Å². The van der Waals surface area contributed by atoms with Crippen LogP contribution in [0.3, 0.4) is 0 Å². The molecule has 2 amide bonds. The Hall–Kier alpha value is -2.34. The van der Waals surface area contributed by atoms with Crippen LogP contribution in [0.1, 0.15) is 5.82 Å². The molecule has 6 heteroatoms. The van der Waals surface area contributed by atoms with E-state index in [2.05, 4.69) is 9.97 Å². The molecule has 1 unspecified atom stereocenters. The van der Waals surface area contributed by atoms with Gasteiger partial charge in [0.05, 0.1) is 12.6 Å². The molecular weight excluding hydrogens is 234 g/mol. The molecule has 1 aromatic heterocycles. The predicted octanol–water partition coefficient (Wildman–Crippen LogP) is -0.224. The zero-order valence-corrected chi connectivity index (χ0v) is 9.43. The van der Waals surface area contributed by atoms with Gasteiger partial charge >= 0.3 is 0 Å². The normalized spacial score (nSPS) is 19.5. The standard InChI is InChI=1S/C12H11N3O3/c16-9-2-4-11(17)15(8-9)12(18)5-3-10-13-6-1-7-14-10/h1-7,9,16H,8H2. The van der Waals surface area contributed by atoms with Crippen LogP contribution < -0.4 is 0 Å². The maximum Gasteiger partial charge on any atom is 0.253 e. The maximum atomic E-state index is 11.7. The van der Waals surface area contributed by atoms with Crippen molar-refractivity contribution in [3.63, 3.8) is 0 Å². The number of imide groups is 1. The van der Waals surface area contributed by atoms with Gasteiger partial charge in [0.15, 0.2) is 5.82 Å². The lowest BCUT2D eigenvalue weighted by Gasteiger charge is -2.23. The van der Waals surface area contributed by atoms with Crippen LogP contribution >= 0.6 is 0 Å². The lowest BCUT2D eigenvalue weighted by Crippen LogP contribution is -2.42. The summed E-state index contributed by atoms with van der Waals surface area (Å²) in [4.78, 5) is 32.0. The van der Waals surface area contributed by atoms with Crippen LogP contribution in [0, 0.1) is 0 Å². The van der Waals surface area contributed by atoms with Crippen molar-refractivity contribution < 1.29 is 14.7 Å². The number of aliphatic hydroxyl groups is 1. The zero-order valence-electron chi connectivity index (χ0n) is 9.43. The first-order valence-electron chi connectivity index (χ1n) is 5.33. The fourth-order valence-corrected chi connectivity index (χ4v) is 1.45. The molecule has 0 bridgehead atoms. The van der Waals surface area contributed by atoms with Crippen molar-refractivity contribution in [1.29, 1.82) is 0 Å². The van der Waals surface area contributed by atoms with Gasteiger partial charge in [-0.15, -0.1) is 0 Å². The molecule has 6 nitrogen and oxygen atoms in total. The molecule has 0 saturated carbocycles. The van der Waals surface area contributed by atoms with Crippen LogP contribution in [-0.4, -0.2) is 44.4 Å². The zero-order chi connectivity index (χ0) is 13.0. The number of aliphatic hydroxyl groups excluding tert-OH is 1. The first kappa shape index (κ1) is 12.1. The molecule has 1 atom stereocenters. The highest BCUT2D eigenvalue weighted by Crippen LogP contribution is 2.05. The molecular formula is C12H11N3O3. The Morgan fingerprint density at radius 1 is 1.44 bits per heavy atom. The number of rotatable bonds is 2. The van der Waals surface area contributed by atoms with E-state index in [1.54, 1.807) is 18.5 Å². The van der Waals surface area contributed by atoms with E-state index in [4.69, 9.17) is 0 Å². The lowest BCUT2D eigenvalue weighted by atomic mass is 10.2. The third kappa shape index (κ3) is 2.86. The van der Waals surface area contributed by atoms with E-state index in [-0.39, 0.29) is 6.54 Å². The molecule has 0 radical (unpaired) electrons. The van der Waals surface area contributed by atoms with E-state index in [0.29, 0.717) is 5.82 Å². The van der Waals surface area contributed by atoms with E-state index in [9.17, 15) is 14.7 Å². The van der Waals surface area contributed by atoms with E-state index >= 15 is 0 Å². The molecule has 1 aliphatic heterocycles. The van der Waals surface area contributed by atoms with Crippen molar-refractivity contribution in [2.75, 3.05) is 6.54 Å². The summed E-state index contributed by atoms with van der Waals surface area (Å²) < 4.78 is 0. The summed E-state index contributed by atoms with van der Waals surface area (Å²) in [6, 6.07) is 1.66. The fraction of sp³-hybridized carbons (Fsp3) is 0.167. The Bertz CT molecular complexity index is 511. The second-order valence-electron chi connectivity index (χ2n) is 3.65. The highest BCUT2D eigenvalue weighted by Gasteiger charge is 2.23. The third-order valence-corrected chi connectivity index (χ3v) is 2.32. The van der Waals surface area contributed by atoms with E-state index in [0.717, 1.165) is 4.90 Å². The summed E-state index contributed by atoms with van der Waals surface area (Å²) in [6.45, 7) is -0.0336. The quantitative estimate of drug-likeness (QED) is 0.728. The Labute approximate surface area is 103 Å². The maximum absolute atomic E-state index is 11.7. The predicted molar refractivity (Wildman–Crippen MR) is 62.9 cm³/mol. The number of aromatic nitrogens is 2. The number of β-amino-alcohol motifs (C(OH)–C–C–N with tert-alkyl or cyclic N) is 1. The average molecular weight is 245 g/mol. The first-order valence-corrected chi connectivity index (χ1v) is 5.33. The van der Waals surface area contributed by atoms with Gasteiger partial charge in [-0.25, -0.2) is 9.97 Å². The minimum absolute atomic E-state index is 0.0336. The average Bonchev–Trinajstić information content (AvgIpc) is 2.40. The molecule has 0 spiro atoms. The SMILES string of the molecule is O=C(C=Cc1ncccn1)N1CC(O)C=CC1=O. The van der Waals surface area contributed by atoms with Gasteiger partial charge in [0.1, 0.15) is 0 Å². The molecule has 0 aromatic carbocycles. The van der Waals surface area contributed by atoms with Crippen molar-refractivity contribution in [3.05, 3.63) is 42.5 Å². The van der Waals surface area contributed by atoms with Gasteiger partial charge < -0.3 is 5.11 Å². The number of amides is 2. The highest BCUT2D eigenvalue weighted by molar-refractivity contribution is 6.06. The van der Waals surface area contributed by atoms with Crippen LogP contribution in [0.2, 0.25) is 0 Å². The fourth-order valence-electron chi connectivity index (χ4n) is 1.45. The van der Waals surface area contributed by atoms with Gasteiger partial charge in [-0.1, -0.05) is 0 Å². The number of nitrogens with zero attached hydrogens (tertiary/aromatic N) is 3. The largest absolute Gasteiger partial charge is 0.387 e. The van der Waals surface area contributed by atoms with Crippen molar-refractivity contribution in [2.24, 2.45) is 0 Å². The molecule has 1 aliphatic rings. The minimum atomic E-state index is -0.812. The Balaban J connectivity index is 2.06. The summed E-state index contributed by atoms with van der Waals surface area (Å²) >= 11 is 0. The number of carbonyl (C=O) groups excluding carboxylic acids is 2. The minimum Gasteiger partial charge on any atom is -0.387 e. The van der Waals surface area contributed by atoms with Crippen molar-refractivity contribution in [3.8, 4) is 0 Å². The van der Waals surface area contributed by atoms with Crippen molar-refractivity contribution >= 4 is 17.9 Å². The molecule has 0 saturated heterocycles. The van der Waals surface area contributed by atoms with Crippen molar-refractivity contribution in [1.82, 2.24) is 14.9 Å². The van der Waals surface area contributed by atoms with Gasteiger partial charge in [-0.05, 0) is 18.2 Å². The van der Waals surface area contributed by atoms with Crippen LogP contribution in [0.4, 0.5) is 0 Å². The van der Waals surface area contributed by atoms with Gasteiger partial charge in [-0.3, -0.25) is 14.5 Å². The topological polar surface area (TPSA) is 83.4 Å². The van der Waals surface area contributed by atoms with Gasteiger partial charge in [0.25, 0.3) is 11.8 Å². The first-order chi connectivity index (χ1) is 8.66. The van der Waals surface area contributed by atoms with Crippen LogP contribution in [-0.2, 0) is 9.59 Å². The molecule has 2 rings (SSSR count). The molecule has 0 aliphatic carbocycles. The molecule has 92 valence electrons. The summed E-state index contributed by atoms with van der Waals surface area (Å²) in [5, 5.41) is 9.35. The van der Waals surface area contributed by atoms with Crippen molar-refractivity contribution in [2.45, 2.75) is 6.10 Å². The number of carbonyl (C=O) groups is 2. The van der Waals surface area contributed by atoms with E-state index in [1.807, 2.05) is 0 Å². The van der Waals surface area contributed by atoms with Crippen LogP contribution in [0.15, 0.2) is 36.7 Å². The summed E-state index contributed by atoms with van der Waals surface area (Å²) in [5.74, 6) is -0.564. The molecule has 1 N–H and O–H groups in total. The van der Waals surface area contributed by atoms with Crippen LogP contribution in [0.25, 0.3) is 6.08 Å². The molecule has 2 heterocycles. The van der Waals surface area contributed by atoms with E-state index in [1.165, 1.54) is 24.3 Å². The Kier molecular flexibility index (Phi) is 3.59. The number of hydrogen-bond acceptors (Lipinski definition) is 5. The Morgan fingerprint density at radius 3 is 2.89 bits per heavy atom. The molecule has 18 heavy (non-hydrogen) atoms. The second-order valence-corrected chi connectivity index (χ2v) is 3.65. The summed E-state index contributed by atoms with van der Waals surface area (Å²) in [6.07, 6.45) is 7.45. The monoisotopic (exact) mass is 245 g/mol. The molecule has 0 fully saturated rings. The Morgan fingerprint density at radius 2 is 2.17 bits per heavy atom. The smallest absolute Gasteiger partial charge is 0.253 e. The van der Waals surface area contributed by atoms with Gasteiger partial charge in [0, 0.05) is 24.5 Å². The van der Waals surface area contributed by atoms with Gasteiger partial charge in [0.2, 0.25) is 0 Å². The highest BCUT2D eigenvalue weighted by atomic mass is 16.3. The molecule has 1 aromatic rings.